The summed E-state index contributed by atoms with van der Waals surface area (Å²) in [6.07, 6.45) is 0. The standard InChI is InChI=1S/C17H22N.Cr/c1-11-12(2)14(4)17(13(11)3)15-9-7-8-10-16(15)18(5)6;/h7-10H,1-6H3;/q-1;. The first-order valence-electron chi connectivity index (χ1n) is 6.45. The van der Waals surface area contributed by atoms with E-state index in [2.05, 4.69) is 71.0 Å². The quantitative estimate of drug-likeness (QED) is 0.743. The number of para-hydroxylation sites is 1. The molecule has 0 saturated heterocycles. The molecule has 102 valence electrons. The molecule has 0 aliphatic carbocycles. The van der Waals surface area contributed by atoms with Gasteiger partial charge >= 0.3 is 0 Å². The molecule has 0 saturated carbocycles. The summed E-state index contributed by atoms with van der Waals surface area (Å²) in [5, 5.41) is 0. The van der Waals surface area contributed by atoms with Gasteiger partial charge < -0.3 is 4.90 Å². The van der Waals surface area contributed by atoms with Gasteiger partial charge in [-0.05, 0) is 19.8 Å². The van der Waals surface area contributed by atoms with Crippen LogP contribution in [0, 0.1) is 27.7 Å². The van der Waals surface area contributed by atoms with E-state index in [4.69, 9.17) is 0 Å². The number of hydrogen-bond acceptors (Lipinski definition) is 1. The van der Waals surface area contributed by atoms with Gasteiger partial charge in [-0.3, -0.25) is 0 Å². The van der Waals surface area contributed by atoms with E-state index in [1.165, 1.54) is 39.1 Å². The molecule has 0 spiro atoms. The Labute approximate surface area is 127 Å². The third-order valence-corrected chi connectivity index (χ3v) is 4.09. The molecule has 2 aromatic rings. The van der Waals surface area contributed by atoms with Crippen molar-refractivity contribution in [3.63, 3.8) is 0 Å². The van der Waals surface area contributed by atoms with Crippen molar-refractivity contribution < 1.29 is 17.4 Å². The summed E-state index contributed by atoms with van der Waals surface area (Å²) in [6, 6.07) is 8.64. The Morgan fingerprint density at radius 2 is 1.32 bits per heavy atom. The van der Waals surface area contributed by atoms with Crippen LogP contribution in [-0.4, -0.2) is 14.1 Å². The Morgan fingerprint density at radius 1 is 0.842 bits per heavy atom. The van der Waals surface area contributed by atoms with E-state index < -0.39 is 0 Å². The van der Waals surface area contributed by atoms with Crippen LogP contribution in [0.1, 0.15) is 22.3 Å². The molecule has 2 rings (SSSR count). The van der Waals surface area contributed by atoms with Gasteiger partial charge in [0.1, 0.15) is 0 Å². The average Bonchev–Trinajstić information content (AvgIpc) is 2.54. The minimum absolute atomic E-state index is 0. The minimum atomic E-state index is 0. The molecule has 0 N–H and O–H groups in total. The van der Waals surface area contributed by atoms with Crippen molar-refractivity contribution >= 4 is 5.69 Å². The second-order valence-corrected chi connectivity index (χ2v) is 5.29. The Bertz CT molecular complexity index is 554. The van der Waals surface area contributed by atoms with Crippen LogP contribution in [0.25, 0.3) is 11.1 Å². The summed E-state index contributed by atoms with van der Waals surface area (Å²) in [5.41, 5.74) is 9.72. The van der Waals surface area contributed by atoms with E-state index >= 15 is 0 Å². The van der Waals surface area contributed by atoms with Gasteiger partial charge in [-0.15, -0.1) is 28.3 Å². The fraction of sp³-hybridized carbons (Fsp3) is 0.353. The second-order valence-electron chi connectivity index (χ2n) is 5.29. The molecule has 0 atom stereocenters. The fourth-order valence-corrected chi connectivity index (χ4v) is 2.70. The Balaban J connectivity index is 0.00000180. The van der Waals surface area contributed by atoms with Gasteiger partial charge in [-0.2, -0.15) is 0 Å². The molecule has 2 heteroatoms. The molecule has 0 unspecified atom stereocenters. The van der Waals surface area contributed by atoms with Crippen molar-refractivity contribution in [2.75, 3.05) is 19.0 Å². The van der Waals surface area contributed by atoms with Crippen LogP contribution in [0.3, 0.4) is 0 Å². The normalized spacial score (nSPS) is 10.2. The number of benzene rings is 1. The predicted octanol–water partition coefficient (Wildman–Crippen LogP) is 4.37. The molecule has 0 radical (unpaired) electrons. The van der Waals surface area contributed by atoms with Crippen LogP contribution >= 0.6 is 0 Å². The third kappa shape index (κ3) is 2.61. The molecule has 0 fully saturated rings. The molecular formula is C17H22CrN-. The van der Waals surface area contributed by atoms with E-state index in [1.807, 2.05) is 0 Å². The van der Waals surface area contributed by atoms with E-state index in [0.717, 1.165) is 0 Å². The molecule has 2 aromatic carbocycles. The zero-order valence-electron chi connectivity index (χ0n) is 12.7. The SMILES string of the molecule is Cc1c(C)c(C)[c-](-c2ccccc2N(C)C)c1C.[Cr]. The van der Waals surface area contributed by atoms with Gasteiger partial charge in [0.2, 0.25) is 0 Å². The number of anilines is 1. The van der Waals surface area contributed by atoms with E-state index in [1.54, 1.807) is 0 Å². The molecule has 0 aliphatic rings. The monoisotopic (exact) mass is 292 g/mol. The molecule has 0 bridgehead atoms. The molecule has 0 aromatic heterocycles. The first-order valence-corrected chi connectivity index (χ1v) is 6.45. The van der Waals surface area contributed by atoms with Crippen LogP contribution in [0.4, 0.5) is 5.69 Å². The maximum Gasteiger partial charge on any atom is 0 e. The van der Waals surface area contributed by atoms with Gasteiger partial charge in [-0.25, -0.2) is 0 Å². The molecule has 0 aliphatic heterocycles. The molecule has 19 heavy (non-hydrogen) atoms. The number of nitrogens with zero attached hydrogens (tertiary/aromatic N) is 1. The summed E-state index contributed by atoms with van der Waals surface area (Å²) >= 11 is 0. The smallest absolute Gasteiger partial charge is 0 e. The topological polar surface area (TPSA) is 3.24 Å². The predicted molar refractivity (Wildman–Crippen MR) is 80.7 cm³/mol. The minimum Gasteiger partial charge on any atom is -0.408 e. The van der Waals surface area contributed by atoms with E-state index in [0.29, 0.717) is 0 Å². The summed E-state index contributed by atoms with van der Waals surface area (Å²) < 4.78 is 0. The summed E-state index contributed by atoms with van der Waals surface area (Å²) in [4.78, 5) is 2.19. The van der Waals surface area contributed by atoms with Crippen molar-refractivity contribution in [3.8, 4) is 11.1 Å². The number of hydrogen-bond donors (Lipinski definition) is 0. The Kier molecular flexibility index (Phi) is 4.96. The van der Waals surface area contributed by atoms with Gasteiger partial charge in [0.25, 0.3) is 0 Å². The largest absolute Gasteiger partial charge is 0.408 e. The maximum absolute atomic E-state index is 2.23. The van der Waals surface area contributed by atoms with Crippen molar-refractivity contribution in [2.45, 2.75) is 27.7 Å². The van der Waals surface area contributed by atoms with Gasteiger partial charge in [0.05, 0.1) is 0 Å². The van der Waals surface area contributed by atoms with Crippen LogP contribution in [0.2, 0.25) is 0 Å². The van der Waals surface area contributed by atoms with E-state index in [-0.39, 0.29) is 17.4 Å². The van der Waals surface area contributed by atoms with Crippen LogP contribution in [-0.2, 0) is 17.4 Å². The fourth-order valence-electron chi connectivity index (χ4n) is 2.70. The third-order valence-electron chi connectivity index (χ3n) is 4.09. The van der Waals surface area contributed by atoms with Crippen molar-refractivity contribution in [1.29, 1.82) is 0 Å². The van der Waals surface area contributed by atoms with Crippen LogP contribution in [0.5, 0.6) is 0 Å². The molecule has 0 heterocycles. The van der Waals surface area contributed by atoms with Crippen LogP contribution < -0.4 is 4.90 Å². The average molecular weight is 292 g/mol. The summed E-state index contributed by atoms with van der Waals surface area (Å²) in [5.74, 6) is 0. The van der Waals surface area contributed by atoms with Gasteiger partial charge in [0, 0.05) is 17.4 Å². The molecule has 0 amide bonds. The van der Waals surface area contributed by atoms with Gasteiger partial charge in [0.15, 0.2) is 0 Å². The zero-order chi connectivity index (χ0) is 13.4. The zero-order valence-corrected chi connectivity index (χ0v) is 13.9. The molecular weight excluding hydrogens is 270 g/mol. The second kappa shape index (κ2) is 5.91. The summed E-state index contributed by atoms with van der Waals surface area (Å²) in [6.45, 7) is 8.91. The van der Waals surface area contributed by atoms with E-state index in [9.17, 15) is 0 Å². The number of rotatable bonds is 2. The van der Waals surface area contributed by atoms with Gasteiger partial charge in [-0.1, -0.05) is 57.0 Å². The molecule has 1 nitrogen and oxygen atoms in total. The Hall–Kier alpha value is -1.10. The van der Waals surface area contributed by atoms with Crippen molar-refractivity contribution in [2.24, 2.45) is 0 Å². The summed E-state index contributed by atoms with van der Waals surface area (Å²) in [7, 11) is 4.21. The first-order chi connectivity index (χ1) is 8.45. The van der Waals surface area contributed by atoms with Crippen molar-refractivity contribution in [3.05, 3.63) is 46.5 Å². The maximum atomic E-state index is 2.23. The first kappa shape index (κ1) is 16.0. The Morgan fingerprint density at radius 3 is 1.79 bits per heavy atom. The van der Waals surface area contributed by atoms with Crippen LogP contribution in [0.15, 0.2) is 24.3 Å². The van der Waals surface area contributed by atoms with Crippen molar-refractivity contribution in [1.82, 2.24) is 0 Å².